The van der Waals surface area contributed by atoms with Gasteiger partial charge in [0.25, 0.3) is 5.56 Å². The van der Waals surface area contributed by atoms with E-state index in [2.05, 4.69) is 22.0 Å². The molecule has 0 saturated heterocycles. The molecule has 2 nitrogen and oxygen atoms in total. The number of pyridine rings is 1. The minimum Gasteiger partial charge on any atom is -0.310 e. The van der Waals surface area contributed by atoms with Crippen LogP contribution < -0.4 is 5.56 Å². The Morgan fingerprint density at radius 2 is 2.00 bits per heavy atom. The molecular formula is C13H18BrNO. The summed E-state index contributed by atoms with van der Waals surface area (Å²) in [5.41, 5.74) is 2.17. The zero-order valence-corrected chi connectivity index (χ0v) is 11.3. The monoisotopic (exact) mass is 283 g/mol. The van der Waals surface area contributed by atoms with Crippen LogP contribution in [0, 0.1) is 6.92 Å². The number of halogens is 1. The molecular weight excluding hydrogens is 266 g/mol. The second-order valence-corrected chi connectivity index (χ2v) is 5.16. The zero-order valence-electron chi connectivity index (χ0n) is 9.71. The van der Waals surface area contributed by atoms with Crippen molar-refractivity contribution in [2.45, 2.75) is 50.4 Å². The minimum atomic E-state index is 0.198. The molecule has 1 saturated carbocycles. The Hall–Kier alpha value is -0.570. The van der Waals surface area contributed by atoms with Gasteiger partial charge in [-0.05, 0) is 25.8 Å². The summed E-state index contributed by atoms with van der Waals surface area (Å²) in [7, 11) is 0. The van der Waals surface area contributed by atoms with Gasteiger partial charge in [-0.15, -0.1) is 0 Å². The maximum Gasteiger partial charge on any atom is 0.255 e. The van der Waals surface area contributed by atoms with Gasteiger partial charge in [0.1, 0.15) is 0 Å². The summed E-state index contributed by atoms with van der Waals surface area (Å²) in [6, 6.07) is 4.43. The SMILES string of the molecule is Cc1ccc(CBr)c(=O)n1C1CCCCC1. The summed E-state index contributed by atoms with van der Waals surface area (Å²) < 4.78 is 2.01. The van der Waals surface area contributed by atoms with Crippen LogP contribution in [-0.4, -0.2) is 4.57 Å². The molecule has 1 aliphatic rings. The standard InChI is InChI=1S/C13H18BrNO/c1-10-7-8-11(9-14)13(16)15(10)12-5-3-2-4-6-12/h7-8,12H,2-6,9H2,1H3. The third kappa shape index (κ3) is 2.24. The molecule has 2 rings (SSSR count). The third-order valence-corrected chi connectivity index (χ3v) is 4.09. The second kappa shape index (κ2) is 5.17. The maximum atomic E-state index is 12.3. The predicted molar refractivity (Wildman–Crippen MR) is 70.2 cm³/mol. The van der Waals surface area contributed by atoms with Gasteiger partial charge in [-0.2, -0.15) is 0 Å². The van der Waals surface area contributed by atoms with E-state index in [-0.39, 0.29) is 5.56 Å². The van der Waals surface area contributed by atoms with Gasteiger partial charge >= 0.3 is 0 Å². The van der Waals surface area contributed by atoms with Crippen molar-refractivity contribution in [3.05, 3.63) is 33.7 Å². The first-order chi connectivity index (χ1) is 7.74. The Morgan fingerprint density at radius 3 is 2.62 bits per heavy atom. The first kappa shape index (κ1) is 11.9. The number of alkyl halides is 1. The van der Waals surface area contributed by atoms with Crippen molar-refractivity contribution in [1.29, 1.82) is 0 Å². The Bertz CT molecular complexity index is 418. The summed E-state index contributed by atoms with van der Waals surface area (Å²) in [5, 5.41) is 0.652. The molecule has 0 aromatic carbocycles. The molecule has 1 aromatic heterocycles. The van der Waals surface area contributed by atoms with Gasteiger partial charge < -0.3 is 4.57 Å². The highest BCUT2D eigenvalue weighted by molar-refractivity contribution is 9.08. The van der Waals surface area contributed by atoms with Crippen molar-refractivity contribution in [1.82, 2.24) is 4.57 Å². The maximum absolute atomic E-state index is 12.3. The van der Waals surface area contributed by atoms with Gasteiger partial charge in [-0.1, -0.05) is 41.3 Å². The topological polar surface area (TPSA) is 22.0 Å². The highest BCUT2D eigenvalue weighted by atomic mass is 79.9. The number of aromatic nitrogens is 1. The van der Waals surface area contributed by atoms with Crippen LogP contribution in [0.25, 0.3) is 0 Å². The van der Waals surface area contributed by atoms with E-state index in [4.69, 9.17) is 0 Å². The largest absolute Gasteiger partial charge is 0.310 e. The molecule has 0 bridgehead atoms. The lowest BCUT2D eigenvalue weighted by atomic mass is 9.94. The van der Waals surface area contributed by atoms with Crippen LogP contribution in [0.3, 0.4) is 0 Å². The molecule has 0 unspecified atom stereocenters. The highest BCUT2D eigenvalue weighted by Crippen LogP contribution is 2.27. The Labute approximate surface area is 105 Å². The minimum absolute atomic E-state index is 0.198. The zero-order chi connectivity index (χ0) is 11.5. The van der Waals surface area contributed by atoms with E-state index >= 15 is 0 Å². The van der Waals surface area contributed by atoms with Gasteiger partial charge in [-0.3, -0.25) is 4.79 Å². The first-order valence-electron chi connectivity index (χ1n) is 6.01. The fourth-order valence-corrected chi connectivity index (χ4v) is 3.01. The fourth-order valence-electron chi connectivity index (χ4n) is 2.58. The van der Waals surface area contributed by atoms with Crippen LogP contribution in [0.1, 0.15) is 49.4 Å². The number of hydrogen-bond acceptors (Lipinski definition) is 1. The molecule has 16 heavy (non-hydrogen) atoms. The lowest BCUT2D eigenvalue weighted by molar-refractivity contribution is 0.341. The normalized spacial score (nSPS) is 17.6. The Balaban J connectivity index is 2.41. The van der Waals surface area contributed by atoms with E-state index in [0.717, 1.165) is 24.1 Å². The fraction of sp³-hybridized carbons (Fsp3) is 0.615. The summed E-state index contributed by atoms with van der Waals surface area (Å²) in [4.78, 5) is 12.3. The molecule has 0 aliphatic heterocycles. The van der Waals surface area contributed by atoms with Crippen LogP contribution in [0.15, 0.2) is 16.9 Å². The lowest BCUT2D eigenvalue weighted by Gasteiger charge is -2.26. The van der Waals surface area contributed by atoms with E-state index < -0.39 is 0 Å². The van der Waals surface area contributed by atoms with Crippen LogP contribution in [0.5, 0.6) is 0 Å². The highest BCUT2D eigenvalue weighted by Gasteiger charge is 2.18. The molecule has 1 aliphatic carbocycles. The summed E-state index contributed by atoms with van der Waals surface area (Å²) in [6.45, 7) is 2.04. The van der Waals surface area contributed by atoms with Crippen LogP contribution >= 0.6 is 15.9 Å². The predicted octanol–water partition coefficient (Wildman–Crippen LogP) is 3.56. The van der Waals surface area contributed by atoms with Gasteiger partial charge in [0, 0.05) is 22.6 Å². The first-order valence-corrected chi connectivity index (χ1v) is 7.13. The smallest absolute Gasteiger partial charge is 0.255 e. The van der Waals surface area contributed by atoms with Crippen LogP contribution in [-0.2, 0) is 5.33 Å². The molecule has 0 amide bonds. The molecule has 1 fully saturated rings. The summed E-state index contributed by atoms with van der Waals surface area (Å²) >= 11 is 3.38. The van der Waals surface area contributed by atoms with Crippen LogP contribution in [0.4, 0.5) is 0 Å². The number of hydrogen-bond donors (Lipinski definition) is 0. The van der Waals surface area contributed by atoms with E-state index in [1.165, 1.54) is 19.3 Å². The Morgan fingerprint density at radius 1 is 1.31 bits per heavy atom. The van der Waals surface area contributed by atoms with Crippen LogP contribution in [0.2, 0.25) is 0 Å². The van der Waals surface area contributed by atoms with Gasteiger partial charge in [0.2, 0.25) is 0 Å². The summed E-state index contributed by atoms with van der Waals surface area (Å²) in [6.07, 6.45) is 6.16. The molecule has 0 atom stereocenters. The Kier molecular flexibility index (Phi) is 3.85. The third-order valence-electron chi connectivity index (χ3n) is 3.48. The van der Waals surface area contributed by atoms with E-state index in [9.17, 15) is 4.79 Å². The van der Waals surface area contributed by atoms with Crippen molar-refractivity contribution in [3.63, 3.8) is 0 Å². The van der Waals surface area contributed by atoms with Gasteiger partial charge in [0.15, 0.2) is 0 Å². The quantitative estimate of drug-likeness (QED) is 0.761. The molecule has 0 N–H and O–H groups in total. The van der Waals surface area contributed by atoms with E-state index in [1.807, 2.05) is 17.6 Å². The number of rotatable bonds is 2. The molecule has 0 radical (unpaired) electrons. The number of nitrogens with zero attached hydrogens (tertiary/aromatic N) is 1. The van der Waals surface area contributed by atoms with Crippen molar-refractivity contribution in [2.75, 3.05) is 0 Å². The number of aryl methyl sites for hydroxylation is 1. The lowest BCUT2D eigenvalue weighted by Crippen LogP contribution is -2.30. The van der Waals surface area contributed by atoms with Crippen molar-refractivity contribution >= 4 is 15.9 Å². The van der Waals surface area contributed by atoms with E-state index in [0.29, 0.717) is 11.4 Å². The molecule has 1 aromatic rings. The molecule has 88 valence electrons. The van der Waals surface area contributed by atoms with E-state index in [1.54, 1.807) is 0 Å². The van der Waals surface area contributed by atoms with Crippen molar-refractivity contribution in [2.24, 2.45) is 0 Å². The van der Waals surface area contributed by atoms with Crippen molar-refractivity contribution in [3.8, 4) is 0 Å². The molecule has 0 spiro atoms. The van der Waals surface area contributed by atoms with Gasteiger partial charge in [0.05, 0.1) is 0 Å². The van der Waals surface area contributed by atoms with Crippen molar-refractivity contribution < 1.29 is 0 Å². The average Bonchev–Trinajstić information content (AvgIpc) is 2.31. The average molecular weight is 284 g/mol. The van der Waals surface area contributed by atoms with Gasteiger partial charge in [-0.25, -0.2) is 0 Å². The summed E-state index contributed by atoms with van der Waals surface area (Å²) in [5.74, 6) is 0. The molecule has 3 heteroatoms. The molecule has 1 heterocycles. The second-order valence-electron chi connectivity index (χ2n) is 4.60.